The van der Waals surface area contributed by atoms with Gasteiger partial charge < -0.3 is 15.0 Å². The third-order valence-electron chi connectivity index (χ3n) is 4.21. The lowest BCUT2D eigenvalue weighted by Crippen LogP contribution is -2.48. The first kappa shape index (κ1) is 17.4. The van der Waals surface area contributed by atoms with Gasteiger partial charge in [0.15, 0.2) is 4.77 Å². The van der Waals surface area contributed by atoms with Crippen LogP contribution in [0, 0.1) is 4.77 Å². The maximum Gasteiger partial charge on any atom is 0.252 e. The van der Waals surface area contributed by atoms with Crippen LogP contribution in [0.3, 0.4) is 0 Å². The van der Waals surface area contributed by atoms with E-state index in [1.807, 2.05) is 44.3 Å². The van der Waals surface area contributed by atoms with E-state index >= 15 is 0 Å². The summed E-state index contributed by atoms with van der Waals surface area (Å²) in [6, 6.07) is 9.50. The van der Waals surface area contributed by atoms with Crippen LogP contribution in [0.4, 0.5) is 0 Å². The van der Waals surface area contributed by atoms with Gasteiger partial charge in [0.1, 0.15) is 11.4 Å². The van der Waals surface area contributed by atoms with Gasteiger partial charge in [0.05, 0.1) is 0 Å². The molecule has 2 aromatic rings. The highest BCUT2D eigenvalue weighted by Gasteiger charge is 2.37. The second-order valence-electron chi connectivity index (χ2n) is 5.79. The van der Waals surface area contributed by atoms with Crippen molar-refractivity contribution in [3.05, 3.63) is 46.5 Å². The molecule has 3 N–H and O–H groups in total. The van der Waals surface area contributed by atoms with E-state index in [4.69, 9.17) is 12.2 Å². The fourth-order valence-electron chi connectivity index (χ4n) is 2.33. The van der Waals surface area contributed by atoms with Gasteiger partial charge in [0.25, 0.3) is 5.91 Å². The summed E-state index contributed by atoms with van der Waals surface area (Å²) in [6.07, 6.45) is 0.533. The fourth-order valence-corrected chi connectivity index (χ4v) is 2.48. The Morgan fingerprint density at radius 1 is 1.48 bits per heavy atom. The molecular weight excluding hydrogens is 312 g/mol. The van der Waals surface area contributed by atoms with E-state index in [9.17, 15) is 9.90 Å². The molecule has 0 aliphatic heterocycles. The van der Waals surface area contributed by atoms with Gasteiger partial charge in [0, 0.05) is 25.9 Å². The normalized spacial score (nSPS) is 15.0. The molecule has 1 heterocycles. The van der Waals surface area contributed by atoms with Gasteiger partial charge in [-0.25, -0.2) is 0 Å². The van der Waals surface area contributed by atoms with Crippen molar-refractivity contribution >= 4 is 18.1 Å². The van der Waals surface area contributed by atoms with Crippen molar-refractivity contribution < 1.29 is 9.90 Å². The van der Waals surface area contributed by atoms with Crippen LogP contribution in [0.1, 0.15) is 31.2 Å². The number of H-pyrrole nitrogens is 1. The van der Waals surface area contributed by atoms with Gasteiger partial charge in [0.2, 0.25) is 0 Å². The van der Waals surface area contributed by atoms with Crippen molar-refractivity contribution in [1.82, 2.24) is 20.1 Å². The third-order valence-corrected chi connectivity index (χ3v) is 4.57. The monoisotopic (exact) mass is 334 g/mol. The average molecular weight is 334 g/mol. The number of hydrogen-bond acceptors (Lipinski definition) is 4. The van der Waals surface area contributed by atoms with Crippen LogP contribution in [-0.4, -0.2) is 37.9 Å². The molecule has 0 fully saturated rings. The molecule has 23 heavy (non-hydrogen) atoms. The Morgan fingerprint density at radius 3 is 2.70 bits per heavy atom. The Balaban J connectivity index is 1.96. The molecule has 7 heteroatoms. The summed E-state index contributed by atoms with van der Waals surface area (Å²) < 4.78 is 2.29. The first-order valence-electron chi connectivity index (χ1n) is 7.50. The molecule has 124 valence electrons. The highest BCUT2D eigenvalue weighted by atomic mass is 32.1. The maximum atomic E-state index is 12.3. The molecule has 0 saturated carbocycles. The molecule has 6 nitrogen and oxygen atoms in total. The van der Waals surface area contributed by atoms with Gasteiger partial charge in [-0.3, -0.25) is 9.89 Å². The number of aliphatic hydroxyl groups is 1. The zero-order valence-electron chi connectivity index (χ0n) is 13.5. The van der Waals surface area contributed by atoms with Gasteiger partial charge in [-0.1, -0.05) is 37.3 Å². The number of benzene rings is 1. The van der Waals surface area contributed by atoms with Gasteiger partial charge in [-0.15, -0.1) is 0 Å². The first-order chi connectivity index (χ1) is 10.8. The molecule has 0 spiro atoms. The summed E-state index contributed by atoms with van der Waals surface area (Å²) >= 11 is 5.04. The molecule has 0 bridgehead atoms. The van der Waals surface area contributed by atoms with Crippen LogP contribution in [0.2, 0.25) is 0 Å². The highest BCUT2D eigenvalue weighted by Crippen LogP contribution is 2.27. The standard InChI is InChI=1S/C16H22N4O2S/c1-11(12-7-5-4-6-8-12)16(2,22)14(21)17-10-9-13-18-19-15(23)20(13)3/h4-8,11,22H,9-10H2,1-3H3,(H,17,21)(H,19,23)/t11-,16+/m0/s1. The van der Waals surface area contributed by atoms with E-state index in [1.165, 1.54) is 6.92 Å². The SMILES string of the molecule is C[C@@H](c1ccccc1)[C@@](C)(O)C(=O)NCCc1n[nH]c(=S)n1C. The molecule has 2 rings (SSSR count). The summed E-state index contributed by atoms with van der Waals surface area (Å²) in [6.45, 7) is 3.76. The quantitative estimate of drug-likeness (QED) is 0.702. The van der Waals surface area contributed by atoms with Crippen LogP contribution in [0.25, 0.3) is 0 Å². The van der Waals surface area contributed by atoms with Crippen molar-refractivity contribution in [1.29, 1.82) is 0 Å². The van der Waals surface area contributed by atoms with E-state index in [0.29, 0.717) is 17.7 Å². The van der Waals surface area contributed by atoms with Crippen molar-refractivity contribution in [3.8, 4) is 0 Å². The van der Waals surface area contributed by atoms with Gasteiger partial charge in [-0.05, 0) is 24.7 Å². The van der Waals surface area contributed by atoms with Gasteiger partial charge >= 0.3 is 0 Å². The molecular formula is C16H22N4O2S. The topological polar surface area (TPSA) is 82.9 Å². The molecule has 0 radical (unpaired) electrons. The number of hydrogen-bond donors (Lipinski definition) is 3. The van der Waals surface area contributed by atoms with Crippen LogP contribution in [-0.2, 0) is 18.3 Å². The van der Waals surface area contributed by atoms with E-state index in [-0.39, 0.29) is 5.92 Å². The second-order valence-corrected chi connectivity index (χ2v) is 6.18. The molecule has 0 aliphatic rings. The molecule has 1 amide bonds. The second kappa shape index (κ2) is 7.06. The van der Waals surface area contributed by atoms with Crippen molar-refractivity contribution in [2.75, 3.05) is 6.54 Å². The van der Waals surface area contributed by atoms with Crippen LogP contribution in [0.15, 0.2) is 30.3 Å². The molecule has 0 aliphatic carbocycles. The number of amides is 1. The molecule has 1 aromatic heterocycles. The number of nitrogens with one attached hydrogen (secondary N) is 2. The number of aromatic amines is 1. The Kier molecular flexibility index (Phi) is 5.33. The molecule has 2 atom stereocenters. The minimum Gasteiger partial charge on any atom is -0.380 e. The van der Waals surface area contributed by atoms with E-state index < -0.39 is 11.5 Å². The van der Waals surface area contributed by atoms with E-state index in [2.05, 4.69) is 15.5 Å². The maximum absolute atomic E-state index is 12.3. The van der Waals surface area contributed by atoms with E-state index in [1.54, 1.807) is 4.57 Å². The zero-order valence-corrected chi connectivity index (χ0v) is 14.4. The smallest absolute Gasteiger partial charge is 0.252 e. The lowest BCUT2D eigenvalue weighted by molar-refractivity contribution is -0.139. The number of nitrogens with zero attached hydrogens (tertiary/aromatic N) is 2. The van der Waals surface area contributed by atoms with Crippen molar-refractivity contribution in [2.24, 2.45) is 7.05 Å². The Labute approximate surface area is 140 Å². The Hall–Kier alpha value is -1.99. The predicted octanol–water partition coefficient (Wildman–Crippen LogP) is 1.69. The van der Waals surface area contributed by atoms with Gasteiger partial charge in [-0.2, -0.15) is 5.10 Å². The van der Waals surface area contributed by atoms with Crippen LogP contribution in [0.5, 0.6) is 0 Å². The molecule has 1 aromatic carbocycles. The Morgan fingerprint density at radius 2 is 2.13 bits per heavy atom. The minimum absolute atomic E-state index is 0.315. The van der Waals surface area contributed by atoms with Crippen LogP contribution >= 0.6 is 12.2 Å². The summed E-state index contributed by atoms with van der Waals surface area (Å²) in [5, 5.41) is 20.2. The lowest BCUT2D eigenvalue weighted by atomic mass is 9.84. The summed E-state index contributed by atoms with van der Waals surface area (Å²) in [4.78, 5) is 12.3. The van der Waals surface area contributed by atoms with E-state index in [0.717, 1.165) is 11.4 Å². The number of rotatable bonds is 6. The summed E-state index contributed by atoms with van der Waals surface area (Å²) in [7, 11) is 1.82. The van der Waals surface area contributed by atoms with Crippen molar-refractivity contribution in [3.63, 3.8) is 0 Å². The zero-order chi connectivity index (χ0) is 17.0. The highest BCUT2D eigenvalue weighted by molar-refractivity contribution is 7.71. The number of aromatic nitrogens is 3. The first-order valence-corrected chi connectivity index (χ1v) is 7.90. The summed E-state index contributed by atoms with van der Waals surface area (Å²) in [5.74, 6) is 0.0427. The number of carbonyl (C=O) groups excluding carboxylic acids is 1. The largest absolute Gasteiger partial charge is 0.380 e. The lowest BCUT2D eigenvalue weighted by Gasteiger charge is -2.29. The summed E-state index contributed by atoms with van der Waals surface area (Å²) in [5.41, 5.74) is -0.569. The third kappa shape index (κ3) is 3.86. The number of carbonyl (C=O) groups is 1. The van der Waals surface area contributed by atoms with Crippen molar-refractivity contribution in [2.45, 2.75) is 31.8 Å². The van der Waals surface area contributed by atoms with Crippen LogP contribution < -0.4 is 5.32 Å². The predicted molar refractivity (Wildman–Crippen MR) is 90.6 cm³/mol. The molecule has 0 unspecified atom stereocenters. The fraction of sp³-hybridized carbons (Fsp3) is 0.438. The minimum atomic E-state index is -1.49. The molecule has 0 saturated heterocycles. The average Bonchev–Trinajstić information content (AvgIpc) is 2.86. The Bertz CT molecular complexity index is 721.